The number of nitrogens with one attached hydrogen (secondary N) is 1. The van der Waals surface area contributed by atoms with Crippen LogP contribution in [-0.2, 0) is 19.1 Å². The molecule has 0 spiro atoms. The predicted octanol–water partition coefficient (Wildman–Crippen LogP) is -0.594. The molecule has 1 heterocycles. The van der Waals surface area contributed by atoms with E-state index in [2.05, 4.69) is 14.8 Å². The van der Waals surface area contributed by atoms with Crippen LogP contribution in [0.1, 0.15) is 0 Å². The van der Waals surface area contributed by atoms with Gasteiger partial charge in [0.05, 0.1) is 14.2 Å². The SMILES string of the molecule is COC(=O)[C@@H]1CSC[C@H](C(=O)OC)N1. The number of carbonyl (C=O) groups excluding carboxylic acids is 2. The summed E-state index contributed by atoms with van der Waals surface area (Å²) >= 11 is 1.53. The van der Waals surface area contributed by atoms with Gasteiger partial charge < -0.3 is 9.47 Å². The van der Waals surface area contributed by atoms with E-state index < -0.39 is 12.1 Å². The molecule has 0 aliphatic carbocycles. The molecule has 1 aliphatic rings. The zero-order valence-electron chi connectivity index (χ0n) is 8.11. The molecule has 2 atom stereocenters. The van der Waals surface area contributed by atoms with Gasteiger partial charge in [-0.3, -0.25) is 14.9 Å². The Balaban J connectivity index is 2.51. The summed E-state index contributed by atoms with van der Waals surface area (Å²) in [5.41, 5.74) is 0. The maximum atomic E-state index is 11.2. The molecule has 0 amide bonds. The van der Waals surface area contributed by atoms with Gasteiger partial charge in [0.15, 0.2) is 0 Å². The lowest BCUT2D eigenvalue weighted by molar-refractivity contribution is -0.145. The monoisotopic (exact) mass is 219 g/mol. The predicted molar refractivity (Wildman–Crippen MR) is 52.1 cm³/mol. The van der Waals surface area contributed by atoms with E-state index in [9.17, 15) is 9.59 Å². The lowest BCUT2D eigenvalue weighted by atomic mass is 10.2. The Labute approximate surface area is 86.5 Å². The number of hydrogen-bond donors (Lipinski definition) is 1. The van der Waals surface area contributed by atoms with Crippen molar-refractivity contribution in [2.75, 3.05) is 25.7 Å². The Hall–Kier alpha value is -0.750. The first-order valence-electron chi connectivity index (χ1n) is 4.18. The molecule has 1 fully saturated rings. The minimum absolute atomic E-state index is 0.342. The van der Waals surface area contributed by atoms with E-state index in [1.54, 1.807) is 0 Å². The zero-order chi connectivity index (χ0) is 10.6. The average molecular weight is 219 g/mol. The van der Waals surface area contributed by atoms with Gasteiger partial charge in [-0.15, -0.1) is 0 Å². The standard InChI is InChI=1S/C8H13NO4S/c1-12-7(10)5-3-14-4-6(9-5)8(11)13-2/h5-6,9H,3-4H2,1-2H3/t5-,6+. The molecule has 0 aromatic carbocycles. The highest BCUT2D eigenvalue weighted by Gasteiger charge is 2.31. The van der Waals surface area contributed by atoms with Crippen LogP contribution in [0.3, 0.4) is 0 Å². The van der Waals surface area contributed by atoms with Crippen molar-refractivity contribution in [3.8, 4) is 0 Å². The van der Waals surface area contributed by atoms with Gasteiger partial charge in [0.2, 0.25) is 0 Å². The molecule has 0 radical (unpaired) electrons. The van der Waals surface area contributed by atoms with Crippen molar-refractivity contribution in [1.82, 2.24) is 5.32 Å². The molecule has 80 valence electrons. The van der Waals surface area contributed by atoms with Crippen LogP contribution >= 0.6 is 11.8 Å². The van der Waals surface area contributed by atoms with Crippen LogP contribution < -0.4 is 5.32 Å². The molecule has 14 heavy (non-hydrogen) atoms. The maximum absolute atomic E-state index is 11.2. The molecular formula is C8H13NO4S. The van der Waals surface area contributed by atoms with E-state index in [1.807, 2.05) is 0 Å². The van der Waals surface area contributed by atoms with Gasteiger partial charge >= 0.3 is 11.9 Å². The van der Waals surface area contributed by atoms with Crippen molar-refractivity contribution >= 4 is 23.7 Å². The van der Waals surface area contributed by atoms with Crippen LogP contribution in [0.5, 0.6) is 0 Å². The number of esters is 2. The van der Waals surface area contributed by atoms with Gasteiger partial charge in [-0.05, 0) is 0 Å². The van der Waals surface area contributed by atoms with Crippen LogP contribution in [0.2, 0.25) is 0 Å². The van der Waals surface area contributed by atoms with Gasteiger partial charge in [0.1, 0.15) is 12.1 Å². The maximum Gasteiger partial charge on any atom is 0.323 e. The van der Waals surface area contributed by atoms with Gasteiger partial charge in [0.25, 0.3) is 0 Å². The van der Waals surface area contributed by atoms with Crippen molar-refractivity contribution in [1.29, 1.82) is 0 Å². The Morgan fingerprint density at radius 3 is 1.93 bits per heavy atom. The summed E-state index contributed by atoms with van der Waals surface area (Å²) in [6, 6.07) is -0.828. The fourth-order valence-corrected chi connectivity index (χ4v) is 2.27. The fraction of sp³-hybridized carbons (Fsp3) is 0.750. The van der Waals surface area contributed by atoms with E-state index in [0.717, 1.165) is 0 Å². The third-order valence-electron chi connectivity index (χ3n) is 1.94. The van der Waals surface area contributed by atoms with Crippen molar-refractivity contribution in [3.63, 3.8) is 0 Å². The molecule has 1 N–H and O–H groups in total. The van der Waals surface area contributed by atoms with Gasteiger partial charge in [0, 0.05) is 11.5 Å². The Kier molecular flexibility index (Phi) is 4.21. The first-order valence-corrected chi connectivity index (χ1v) is 5.34. The Morgan fingerprint density at radius 2 is 1.57 bits per heavy atom. The summed E-state index contributed by atoms with van der Waals surface area (Å²) in [5.74, 6) is 0.567. The summed E-state index contributed by atoms with van der Waals surface area (Å²) in [6.45, 7) is 0. The molecule has 1 saturated heterocycles. The average Bonchev–Trinajstić information content (AvgIpc) is 2.27. The normalized spacial score (nSPS) is 26.7. The molecule has 5 nitrogen and oxygen atoms in total. The molecule has 0 bridgehead atoms. The number of ether oxygens (including phenoxy) is 2. The number of carbonyl (C=O) groups is 2. The van der Waals surface area contributed by atoms with Crippen molar-refractivity contribution in [3.05, 3.63) is 0 Å². The highest BCUT2D eigenvalue weighted by Crippen LogP contribution is 2.14. The van der Waals surface area contributed by atoms with Gasteiger partial charge in [-0.1, -0.05) is 0 Å². The zero-order valence-corrected chi connectivity index (χ0v) is 8.93. The molecule has 1 aliphatic heterocycles. The molecule has 6 heteroatoms. The molecule has 0 unspecified atom stereocenters. The van der Waals surface area contributed by atoms with Crippen molar-refractivity contribution in [2.24, 2.45) is 0 Å². The summed E-state index contributed by atoms with van der Waals surface area (Å²) in [6.07, 6.45) is 0. The topological polar surface area (TPSA) is 64.6 Å². The van der Waals surface area contributed by atoms with Crippen molar-refractivity contribution < 1.29 is 19.1 Å². The second-order valence-corrected chi connectivity index (χ2v) is 3.93. The quantitative estimate of drug-likeness (QED) is 0.626. The van der Waals surface area contributed by atoms with Crippen LogP contribution in [0.25, 0.3) is 0 Å². The van der Waals surface area contributed by atoms with E-state index in [4.69, 9.17) is 0 Å². The second kappa shape index (κ2) is 5.21. The Morgan fingerprint density at radius 1 is 1.14 bits per heavy atom. The fourth-order valence-electron chi connectivity index (χ4n) is 1.20. The van der Waals surface area contributed by atoms with Crippen LogP contribution in [0.15, 0.2) is 0 Å². The van der Waals surface area contributed by atoms with E-state index in [0.29, 0.717) is 11.5 Å². The summed E-state index contributed by atoms with van der Waals surface area (Å²) in [7, 11) is 2.66. The number of hydrogen-bond acceptors (Lipinski definition) is 6. The molecular weight excluding hydrogens is 206 g/mol. The molecule has 0 saturated carbocycles. The van der Waals surface area contributed by atoms with Crippen LogP contribution in [-0.4, -0.2) is 49.7 Å². The third-order valence-corrected chi connectivity index (χ3v) is 3.08. The minimum Gasteiger partial charge on any atom is -0.468 e. The lowest BCUT2D eigenvalue weighted by Gasteiger charge is -2.26. The molecule has 0 aromatic heterocycles. The highest BCUT2D eigenvalue weighted by molar-refractivity contribution is 7.99. The Bertz CT molecular complexity index is 211. The smallest absolute Gasteiger partial charge is 0.323 e. The largest absolute Gasteiger partial charge is 0.468 e. The summed E-state index contributed by atoms with van der Waals surface area (Å²) in [5, 5.41) is 2.88. The number of thioether (sulfide) groups is 1. The van der Waals surface area contributed by atoms with E-state index in [1.165, 1.54) is 26.0 Å². The van der Waals surface area contributed by atoms with Gasteiger partial charge in [-0.2, -0.15) is 11.8 Å². The highest BCUT2D eigenvalue weighted by atomic mass is 32.2. The number of methoxy groups -OCH3 is 2. The van der Waals surface area contributed by atoms with Gasteiger partial charge in [-0.25, -0.2) is 0 Å². The summed E-state index contributed by atoms with van der Waals surface area (Å²) < 4.78 is 9.17. The molecule has 0 aromatic rings. The first kappa shape index (κ1) is 11.3. The van der Waals surface area contributed by atoms with Crippen LogP contribution in [0, 0.1) is 0 Å². The second-order valence-electron chi connectivity index (χ2n) is 2.86. The van der Waals surface area contributed by atoms with Crippen LogP contribution in [0.4, 0.5) is 0 Å². The first-order chi connectivity index (χ1) is 6.69. The van der Waals surface area contributed by atoms with Crippen molar-refractivity contribution in [2.45, 2.75) is 12.1 Å². The number of rotatable bonds is 2. The summed E-state index contributed by atoms with van der Waals surface area (Å²) in [4.78, 5) is 22.3. The minimum atomic E-state index is -0.414. The third kappa shape index (κ3) is 2.62. The van der Waals surface area contributed by atoms with E-state index in [-0.39, 0.29) is 11.9 Å². The molecule has 1 rings (SSSR count). The van der Waals surface area contributed by atoms with E-state index >= 15 is 0 Å². The lowest BCUT2D eigenvalue weighted by Crippen LogP contribution is -2.53.